The van der Waals surface area contributed by atoms with Gasteiger partial charge in [-0.3, -0.25) is 4.79 Å². The van der Waals surface area contributed by atoms with Gasteiger partial charge in [0.15, 0.2) is 17.3 Å². The third-order valence-electron chi connectivity index (χ3n) is 2.52. The molecule has 0 aliphatic carbocycles. The molecule has 0 heterocycles. The summed E-state index contributed by atoms with van der Waals surface area (Å²) >= 11 is 3.36. The molecule has 5 heteroatoms. The zero-order valence-corrected chi connectivity index (χ0v) is 11.8. The Morgan fingerprint density at radius 1 is 1.35 bits per heavy atom. The Labute approximate surface area is 109 Å². The van der Waals surface area contributed by atoms with Crippen molar-refractivity contribution in [3.05, 3.63) is 21.7 Å². The first-order chi connectivity index (χ1) is 8.06. The number of methoxy groups -OCH3 is 2. The van der Waals surface area contributed by atoms with Gasteiger partial charge in [0, 0.05) is 17.5 Å². The Kier molecular flexibility index (Phi) is 4.96. The standard InChI is InChI=1S/C12H16BrNO3/c1-7-8(10(15)4-5-14)6-9(13)12(17-3)11(7)16-2/h6H,4-5,14H2,1-3H3. The SMILES string of the molecule is COc1c(Br)cc(C(=O)CCN)c(C)c1OC. The quantitative estimate of drug-likeness (QED) is 0.848. The topological polar surface area (TPSA) is 61.5 Å². The number of rotatable bonds is 5. The maximum Gasteiger partial charge on any atom is 0.175 e. The lowest BCUT2D eigenvalue weighted by molar-refractivity contribution is 0.0984. The van der Waals surface area contributed by atoms with Crippen LogP contribution in [0.2, 0.25) is 0 Å². The maximum atomic E-state index is 11.9. The van der Waals surface area contributed by atoms with Gasteiger partial charge in [0.1, 0.15) is 0 Å². The number of ether oxygens (including phenoxy) is 2. The molecule has 0 saturated heterocycles. The van der Waals surface area contributed by atoms with Crippen molar-refractivity contribution in [2.75, 3.05) is 20.8 Å². The lowest BCUT2D eigenvalue weighted by atomic mass is 10.0. The molecule has 4 nitrogen and oxygen atoms in total. The fraction of sp³-hybridized carbons (Fsp3) is 0.417. The molecule has 1 aromatic carbocycles. The van der Waals surface area contributed by atoms with E-state index in [0.29, 0.717) is 34.5 Å². The monoisotopic (exact) mass is 301 g/mol. The second kappa shape index (κ2) is 6.02. The lowest BCUT2D eigenvalue weighted by Gasteiger charge is -2.15. The number of hydrogen-bond donors (Lipinski definition) is 1. The van der Waals surface area contributed by atoms with E-state index in [1.165, 1.54) is 0 Å². The normalized spacial score (nSPS) is 10.2. The molecule has 0 radical (unpaired) electrons. The van der Waals surface area contributed by atoms with E-state index < -0.39 is 0 Å². The first-order valence-corrected chi connectivity index (χ1v) is 6.00. The number of ketones is 1. The van der Waals surface area contributed by atoms with Crippen molar-refractivity contribution in [3.63, 3.8) is 0 Å². The zero-order chi connectivity index (χ0) is 13.0. The third-order valence-corrected chi connectivity index (χ3v) is 3.11. The van der Waals surface area contributed by atoms with Crippen LogP contribution in [-0.2, 0) is 0 Å². The molecule has 0 aromatic heterocycles. The Bertz CT molecular complexity index is 432. The van der Waals surface area contributed by atoms with Crippen LogP contribution in [0.3, 0.4) is 0 Å². The summed E-state index contributed by atoms with van der Waals surface area (Å²) in [4.78, 5) is 11.9. The highest BCUT2D eigenvalue weighted by atomic mass is 79.9. The van der Waals surface area contributed by atoms with Gasteiger partial charge < -0.3 is 15.2 Å². The van der Waals surface area contributed by atoms with E-state index in [0.717, 1.165) is 5.56 Å². The summed E-state index contributed by atoms with van der Waals surface area (Å²) in [5.74, 6) is 1.17. The van der Waals surface area contributed by atoms with Crippen LogP contribution >= 0.6 is 15.9 Å². The first-order valence-electron chi connectivity index (χ1n) is 5.21. The molecule has 0 bridgehead atoms. The summed E-state index contributed by atoms with van der Waals surface area (Å²) < 4.78 is 11.2. The average molecular weight is 302 g/mol. The molecular weight excluding hydrogens is 286 g/mol. The molecular formula is C12H16BrNO3. The van der Waals surface area contributed by atoms with Crippen LogP contribution < -0.4 is 15.2 Å². The molecule has 0 amide bonds. The fourth-order valence-corrected chi connectivity index (χ4v) is 2.26. The molecule has 0 unspecified atom stereocenters. The summed E-state index contributed by atoms with van der Waals surface area (Å²) in [5.41, 5.74) is 6.77. The fourth-order valence-electron chi connectivity index (χ4n) is 1.69. The number of carbonyl (C=O) groups is 1. The van der Waals surface area contributed by atoms with Gasteiger partial charge in [-0.2, -0.15) is 0 Å². The molecule has 0 aliphatic heterocycles. The maximum absolute atomic E-state index is 11.9. The van der Waals surface area contributed by atoms with Crippen molar-refractivity contribution in [2.24, 2.45) is 5.73 Å². The van der Waals surface area contributed by atoms with Crippen LogP contribution in [0.1, 0.15) is 22.3 Å². The van der Waals surface area contributed by atoms with Crippen molar-refractivity contribution in [1.29, 1.82) is 0 Å². The summed E-state index contributed by atoms with van der Waals surface area (Å²) in [6, 6.07) is 1.74. The second-order valence-electron chi connectivity index (χ2n) is 3.56. The minimum atomic E-state index is 0.00616. The summed E-state index contributed by atoms with van der Waals surface area (Å²) in [6.45, 7) is 2.17. The molecule has 0 spiro atoms. The third kappa shape index (κ3) is 2.79. The van der Waals surface area contributed by atoms with Crippen LogP contribution in [0, 0.1) is 6.92 Å². The van der Waals surface area contributed by atoms with E-state index in [-0.39, 0.29) is 5.78 Å². The van der Waals surface area contributed by atoms with Gasteiger partial charge in [0.25, 0.3) is 0 Å². The Morgan fingerprint density at radius 3 is 2.41 bits per heavy atom. The van der Waals surface area contributed by atoms with E-state index in [9.17, 15) is 4.79 Å². The van der Waals surface area contributed by atoms with Gasteiger partial charge in [0.05, 0.1) is 18.7 Å². The van der Waals surface area contributed by atoms with E-state index in [1.54, 1.807) is 20.3 Å². The van der Waals surface area contributed by atoms with Crippen molar-refractivity contribution in [3.8, 4) is 11.5 Å². The number of benzene rings is 1. The van der Waals surface area contributed by atoms with Gasteiger partial charge in [-0.25, -0.2) is 0 Å². The highest BCUT2D eigenvalue weighted by molar-refractivity contribution is 9.10. The van der Waals surface area contributed by atoms with E-state index in [1.807, 2.05) is 6.92 Å². The summed E-state index contributed by atoms with van der Waals surface area (Å²) in [5, 5.41) is 0. The number of carbonyl (C=O) groups excluding carboxylic acids is 1. The summed E-state index contributed by atoms with van der Waals surface area (Å²) in [7, 11) is 3.11. The molecule has 0 atom stereocenters. The largest absolute Gasteiger partial charge is 0.493 e. The highest BCUT2D eigenvalue weighted by Gasteiger charge is 2.19. The number of halogens is 1. The van der Waals surface area contributed by atoms with Gasteiger partial charge in [0.2, 0.25) is 0 Å². The molecule has 0 saturated carbocycles. The van der Waals surface area contributed by atoms with Crippen LogP contribution in [0.5, 0.6) is 11.5 Å². The molecule has 0 fully saturated rings. The smallest absolute Gasteiger partial charge is 0.175 e. The van der Waals surface area contributed by atoms with Gasteiger partial charge in [-0.05, 0) is 35.5 Å². The number of Topliss-reactive ketones (excluding diaryl/α,β-unsaturated/α-hetero) is 1. The van der Waals surface area contributed by atoms with Crippen LogP contribution in [0.15, 0.2) is 10.5 Å². The number of hydrogen-bond acceptors (Lipinski definition) is 4. The van der Waals surface area contributed by atoms with Crippen molar-refractivity contribution >= 4 is 21.7 Å². The van der Waals surface area contributed by atoms with Gasteiger partial charge in [-0.1, -0.05) is 0 Å². The minimum Gasteiger partial charge on any atom is -0.493 e. The van der Waals surface area contributed by atoms with E-state index in [2.05, 4.69) is 15.9 Å². The van der Waals surface area contributed by atoms with Gasteiger partial charge >= 0.3 is 0 Å². The predicted octanol–water partition coefficient (Wildman–Crippen LogP) is 2.31. The molecule has 0 aliphatic rings. The summed E-state index contributed by atoms with van der Waals surface area (Å²) in [6.07, 6.45) is 0.322. The van der Waals surface area contributed by atoms with Crippen LogP contribution in [0.25, 0.3) is 0 Å². The van der Waals surface area contributed by atoms with E-state index >= 15 is 0 Å². The van der Waals surface area contributed by atoms with E-state index in [4.69, 9.17) is 15.2 Å². The molecule has 1 rings (SSSR count). The molecule has 94 valence electrons. The Morgan fingerprint density at radius 2 is 1.94 bits per heavy atom. The minimum absolute atomic E-state index is 0.00616. The van der Waals surface area contributed by atoms with Crippen molar-refractivity contribution < 1.29 is 14.3 Å². The first kappa shape index (κ1) is 14.0. The van der Waals surface area contributed by atoms with Crippen molar-refractivity contribution in [1.82, 2.24) is 0 Å². The molecule has 1 aromatic rings. The molecule has 2 N–H and O–H groups in total. The van der Waals surface area contributed by atoms with Crippen molar-refractivity contribution in [2.45, 2.75) is 13.3 Å². The highest BCUT2D eigenvalue weighted by Crippen LogP contribution is 2.40. The predicted molar refractivity (Wildman–Crippen MR) is 70.0 cm³/mol. The average Bonchev–Trinajstić information content (AvgIpc) is 2.31. The Balaban J connectivity index is 3.35. The Hall–Kier alpha value is -1.07. The number of nitrogens with two attached hydrogens (primary N) is 1. The lowest BCUT2D eigenvalue weighted by Crippen LogP contribution is -2.10. The molecule has 17 heavy (non-hydrogen) atoms. The van der Waals surface area contributed by atoms with Crippen LogP contribution in [-0.4, -0.2) is 26.5 Å². The van der Waals surface area contributed by atoms with Gasteiger partial charge in [-0.15, -0.1) is 0 Å². The second-order valence-corrected chi connectivity index (χ2v) is 4.41. The van der Waals surface area contributed by atoms with Crippen LogP contribution in [0.4, 0.5) is 0 Å². The zero-order valence-electron chi connectivity index (χ0n) is 10.2.